The second kappa shape index (κ2) is 3.40. The molecule has 2 rings (SSSR count). The molecule has 0 saturated carbocycles. The Balaban J connectivity index is 2.52. The van der Waals surface area contributed by atoms with Crippen molar-refractivity contribution in [2.24, 2.45) is 5.73 Å². The molecule has 70 valence electrons. The maximum atomic E-state index is 5.63. The van der Waals surface area contributed by atoms with Crippen molar-refractivity contribution < 1.29 is 0 Å². The highest BCUT2D eigenvalue weighted by molar-refractivity contribution is 5.89. The molecule has 1 heterocycles. The van der Waals surface area contributed by atoms with Gasteiger partial charge in [-0.25, -0.2) is 0 Å². The van der Waals surface area contributed by atoms with Gasteiger partial charge in [-0.3, -0.25) is 5.10 Å². The molecule has 2 aromatic rings. The quantitative estimate of drug-likeness (QED) is 0.523. The van der Waals surface area contributed by atoms with Gasteiger partial charge in [0.05, 0.1) is 12.1 Å². The number of anilines is 1. The van der Waals surface area contributed by atoms with Crippen LogP contribution in [0, 0.1) is 11.8 Å². The van der Waals surface area contributed by atoms with Gasteiger partial charge in [-0.15, -0.1) is 0 Å². The van der Waals surface area contributed by atoms with Crippen LogP contribution in [0.3, 0.4) is 0 Å². The van der Waals surface area contributed by atoms with E-state index in [2.05, 4.69) is 22.0 Å². The zero-order chi connectivity index (χ0) is 9.97. The fraction of sp³-hybridized carbons (Fsp3) is 0.100. The predicted octanol–water partition coefficient (Wildman–Crippen LogP) is 0.455. The lowest BCUT2D eigenvalue weighted by Gasteiger charge is -1.91. The average molecular weight is 186 g/mol. The molecular formula is C10H10N4. The summed E-state index contributed by atoms with van der Waals surface area (Å²) in [5.74, 6) is 6.24. The smallest absolute Gasteiger partial charge is 0.153 e. The van der Waals surface area contributed by atoms with E-state index in [1.807, 2.05) is 18.2 Å². The molecule has 4 heteroatoms. The summed E-state index contributed by atoms with van der Waals surface area (Å²) in [6.07, 6.45) is 0. The lowest BCUT2D eigenvalue weighted by Crippen LogP contribution is -1.92. The largest absolute Gasteiger partial charge is 0.382 e. The lowest BCUT2D eigenvalue weighted by atomic mass is 10.1. The molecule has 14 heavy (non-hydrogen) atoms. The number of hydrogen-bond donors (Lipinski definition) is 3. The fourth-order valence-corrected chi connectivity index (χ4v) is 1.27. The molecule has 0 radical (unpaired) electrons. The first kappa shape index (κ1) is 8.60. The van der Waals surface area contributed by atoms with Crippen LogP contribution in [0.2, 0.25) is 0 Å². The molecule has 1 aromatic carbocycles. The van der Waals surface area contributed by atoms with Gasteiger partial charge in [-0.1, -0.05) is 11.8 Å². The zero-order valence-electron chi connectivity index (χ0n) is 7.54. The highest BCUT2D eigenvalue weighted by Gasteiger charge is 2.00. The number of H-pyrrole nitrogens is 1. The van der Waals surface area contributed by atoms with Gasteiger partial charge < -0.3 is 11.5 Å². The summed E-state index contributed by atoms with van der Waals surface area (Å²) in [6.45, 7) is 0.364. The van der Waals surface area contributed by atoms with Gasteiger partial charge in [0.1, 0.15) is 0 Å². The van der Waals surface area contributed by atoms with Crippen molar-refractivity contribution in [2.75, 3.05) is 12.3 Å². The Labute approximate surface area is 81.3 Å². The zero-order valence-corrected chi connectivity index (χ0v) is 7.54. The highest BCUT2D eigenvalue weighted by Crippen LogP contribution is 2.18. The number of fused-ring (bicyclic) bond motifs is 1. The van der Waals surface area contributed by atoms with E-state index in [0.717, 1.165) is 16.5 Å². The number of aromatic amines is 1. The van der Waals surface area contributed by atoms with E-state index in [1.165, 1.54) is 0 Å². The van der Waals surface area contributed by atoms with Crippen LogP contribution < -0.4 is 11.5 Å². The van der Waals surface area contributed by atoms with Gasteiger partial charge in [-0.2, -0.15) is 5.10 Å². The van der Waals surface area contributed by atoms with Gasteiger partial charge in [-0.05, 0) is 18.2 Å². The van der Waals surface area contributed by atoms with Crippen molar-refractivity contribution in [3.05, 3.63) is 23.8 Å². The number of hydrogen-bond acceptors (Lipinski definition) is 3. The van der Waals surface area contributed by atoms with Crippen molar-refractivity contribution in [1.29, 1.82) is 0 Å². The second-order valence-corrected chi connectivity index (χ2v) is 2.88. The topological polar surface area (TPSA) is 80.7 Å². The Morgan fingerprint density at radius 3 is 3.07 bits per heavy atom. The Hall–Kier alpha value is -1.99. The van der Waals surface area contributed by atoms with E-state index < -0.39 is 0 Å². The number of nitrogen functional groups attached to an aromatic ring is 1. The number of rotatable bonds is 0. The molecule has 5 N–H and O–H groups in total. The minimum absolute atomic E-state index is 0.364. The first-order chi connectivity index (χ1) is 6.81. The molecule has 0 saturated heterocycles. The summed E-state index contributed by atoms with van der Waals surface area (Å²) in [6, 6.07) is 5.70. The van der Waals surface area contributed by atoms with E-state index in [9.17, 15) is 0 Å². The summed E-state index contributed by atoms with van der Waals surface area (Å²) >= 11 is 0. The Morgan fingerprint density at radius 1 is 1.43 bits per heavy atom. The van der Waals surface area contributed by atoms with Crippen molar-refractivity contribution in [2.45, 2.75) is 0 Å². The number of nitrogens with zero attached hydrogens (tertiary/aromatic N) is 1. The van der Waals surface area contributed by atoms with Crippen LogP contribution in [0.1, 0.15) is 5.56 Å². The molecule has 0 fully saturated rings. The van der Waals surface area contributed by atoms with Crippen LogP contribution in [-0.2, 0) is 0 Å². The standard InChI is InChI=1S/C10H10N4/c11-5-1-2-7-3-4-8-9(6-7)13-14-10(8)12/h3-4,6H,5,11H2,(H3,12,13,14). The third-order valence-electron chi connectivity index (χ3n) is 1.93. The maximum absolute atomic E-state index is 5.63. The Kier molecular flexibility index (Phi) is 2.09. The van der Waals surface area contributed by atoms with Gasteiger partial charge >= 0.3 is 0 Å². The van der Waals surface area contributed by atoms with Crippen LogP contribution in [0.5, 0.6) is 0 Å². The van der Waals surface area contributed by atoms with Crippen molar-refractivity contribution >= 4 is 16.7 Å². The molecule has 0 aliphatic heterocycles. The summed E-state index contributed by atoms with van der Waals surface area (Å²) in [5, 5.41) is 7.65. The molecule has 0 aliphatic rings. The number of nitrogens with one attached hydrogen (secondary N) is 1. The molecule has 0 spiro atoms. The van der Waals surface area contributed by atoms with Crippen LogP contribution in [0.4, 0.5) is 5.82 Å². The molecule has 0 unspecified atom stereocenters. The van der Waals surface area contributed by atoms with E-state index in [1.54, 1.807) is 0 Å². The Morgan fingerprint density at radius 2 is 2.29 bits per heavy atom. The molecule has 4 nitrogen and oxygen atoms in total. The van der Waals surface area contributed by atoms with Crippen LogP contribution in [0.15, 0.2) is 18.2 Å². The van der Waals surface area contributed by atoms with Gasteiger partial charge in [0, 0.05) is 10.9 Å². The summed E-state index contributed by atoms with van der Waals surface area (Å²) in [4.78, 5) is 0. The SMILES string of the molecule is NCC#Cc1ccc2c(N)n[nH]c2c1. The van der Waals surface area contributed by atoms with Crippen LogP contribution in [0.25, 0.3) is 10.9 Å². The predicted molar refractivity (Wildman–Crippen MR) is 56.4 cm³/mol. The van der Waals surface area contributed by atoms with Crippen molar-refractivity contribution in [3.63, 3.8) is 0 Å². The first-order valence-electron chi connectivity index (χ1n) is 4.24. The molecule has 0 atom stereocenters. The van der Waals surface area contributed by atoms with E-state index in [0.29, 0.717) is 12.4 Å². The minimum Gasteiger partial charge on any atom is -0.382 e. The number of nitrogens with two attached hydrogens (primary N) is 2. The van der Waals surface area contributed by atoms with Gasteiger partial charge in [0.25, 0.3) is 0 Å². The number of aromatic nitrogens is 2. The Bertz CT molecular complexity index is 516. The first-order valence-corrected chi connectivity index (χ1v) is 4.24. The average Bonchev–Trinajstić information content (AvgIpc) is 2.57. The number of benzene rings is 1. The van der Waals surface area contributed by atoms with Gasteiger partial charge in [0.2, 0.25) is 0 Å². The third kappa shape index (κ3) is 1.41. The van der Waals surface area contributed by atoms with Crippen molar-refractivity contribution in [1.82, 2.24) is 10.2 Å². The maximum Gasteiger partial charge on any atom is 0.153 e. The fourth-order valence-electron chi connectivity index (χ4n) is 1.27. The highest BCUT2D eigenvalue weighted by atomic mass is 15.1. The second-order valence-electron chi connectivity index (χ2n) is 2.88. The van der Waals surface area contributed by atoms with Crippen LogP contribution in [-0.4, -0.2) is 16.7 Å². The molecule has 0 amide bonds. The summed E-state index contributed by atoms with van der Waals surface area (Å²) in [5.41, 5.74) is 12.7. The normalized spacial score (nSPS) is 9.79. The lowest BCUT2D eigenvalue weighted by molar-refractivity contribution is 1.13. The summed E-state index contributed by atoms with van der Waals surface area (Å²) < 4.78 is 0. The van der Waals surface area contributed by atoms with E-state index >= 15 is 0 Å². The summed E-state index contributed by atoms with van der Waals surface area (Å²) in [7, 11) is 0. The van der Waals surface area contributed by atoms with Crippen molar-refractivity contribution in [3.8, 4) is 11.8 Å². The minimum atomic E-state index is 0.364. The van der Waals surface area contributed by atoms with E-state index in [-0.39, 0.29) is 0 Å². The molecule has 0 aliphatic carbocycles. The molecule has 1 aromatic heterocycles. The van der Waals surface area contributed by atoms with E-state index in [4.69, 9.17) is 11.5 Å². The van der Waals surface area contributed by atoms with Gasteiger partial charge in [0.15, 0.2) is 5.82 Å². The molecule has 0 bridgehead atoms. The third-order valence-corrected chi connectivity index (χ3v) is 1.93. The van der Waals surface area contributed by atoms with Crippen LogP contribution >= 0.6 is 0 Å². The molecular weight excluding hydrogens is 176 g/mol. The monoisotopic (exact) mass is 186 g/mol.